The molecule has 0 N–H and O–H groups in total. The van der Waals surface area contributed by atoms with Crippen LogP contribution >= 0.6 is 11.6 Å². The molecule has 0 rings (SSSR count). The van der Waals surface area contributed by atoms with E-state index in [0.29, 0.717) is 12.6 Å². The Balaban J connectivity index is 3.90. The van der Waals surface area contributed by atoms with Gasteiger partial charge in [0, 0.05) is 0 Å². The van der Waals surface area contributed by atoms with Gasteiger partial charge in [-0.2, -0.15) is 0 Å². The SMILES string of the molecule is CCO/C(=C/Cl)O[Si](C)(C)C. The average Bonchev–Trinajstić information content (AvgIpc) is 1.84. The lowest BCUT2D eigenvalue weighted by atomic mass is 10.8. The van der Waals surface area contributed by atoms with Gasteiger partial charge >= 0.3 is 0 Å². The minimum Gasteiger partial charge on any atom is -0.519 e. The van der Waals surface area contributed by atoms with Crippen molar-refractivity contribution in [1.29, 1.82) is 0 Å². The Morgan fingerprint density at radius 2 is 2.00 bits per heavy atom. The fourth-order valence-electron chi connectivity index (χ4n) is 0.527. The molecule has 66 valence electrons. The number of ether oxygens (including phenoxy) is 1. The summed E-state index contributed by atoms with van der Waals surface area (Å²) in [6.45, 7) is 8.71. The van der Waals surface area contributed by atoms with Gasteiger partial charge in [0.15, 0.2) is 0 Å². The second-order valence-corrected chi connectivity index (χ2v) is 7.72. The van der Waals surface area contributed by atoms with E-state index in [1.54, 1.807) is 0 Å². The molecule has 2 nitrogen and oxygen atoms in total. The van der Waals surface area contributed by atoms with E-state index in [9.17, 15) is 0 Å². The molecule has 0 aromatic heterocycles. The zero-order valence-electron chi connectivity index (χ0n) is 7.48. The highest BCUT2D eigenvalue weighted by atomic mass is 35.5. The molecule has 0 aliphatic carbocycles. The summed E-state index contributed by atoms with van der Waals surface area (Å²) in [4.78, 5) is 0. The van der Waals surface area contributed by atoms with E-state index >= 15 is 0 Å². The van der Waals surface area contributed by atoms with Crippen LogP contribution in [0, 0.1) is 0 Å². The Kier molecular flexibility index (Phi) is 4.60. The number of hydrogen-bond donors (Lipinski definition) is 0. The van der Waals surface area contributed by atoms with Crippen LogP contribution < -0.4 is 0 Å². The molecular formula is C7H15ClO2Si. The van der Waals surface area contributed by atoms with Crippen LogP contribution in [0.4, 0.5) is 0 Å². The molecule has 0 spiro atoms. The summed E-state index contributed by atoms with van der Waals surface area (Å²) in [5, 5.41) is 0. The standard InChI is InChI=1S/C7H15ClO2Si/c1-5-9-7(6-8)10-11(2,3)4/h6H,5H2,1-4H3/b7-6-. The molecule has 0 aromatic carbocycles. The molecule has 0 atom stereocenters. The van der Waals surface area contributed by atoms with Crippen LogP contribution in [-0.2, 0) is 9.16 Å². The van der Waals surface area contributed by atoms with E-state index in [2.05, 4.69) is 19.6 Å². The molecular weight excluding hydrogens is 180 g/mol. The molecule has 0 unspecified atom stereocenters. The van der Waals surface area contributed by atoms with E-state index in [4.69, 9.17) is 20.8 Å². The topological polar surface area (TPSA) is 18.5 Å². The molecule has 0 aromatic rings. The fraction of sp³-hybridized carbons (Fsp3) is 0.714. The lowest BCUT2D eigenvalue weighted by molar-refractivity contribution is 0.113. The van der Waals surface area contributed by atoms with Gasteiger partial charge in [-0.3, -0.25) is 0 Å². The van der Waals surface area contributed by atoms with Gasteiger partial charge in [0.2, 0.25) is 8.32 Å². The van der Waals surface area contributed by atoms with Gasteiger partial charge in [-0.25, -0.2) is 0 Å². The van der Waals surface area contributed by atoms with Gasteiger partial charge in [0.05, 0.1) is 12.1 Å². The number of rotatable bonds is 4. The maximum Gasteiger partial charge on any atom is 0.277 e. The largest absolute Gasteiger partial charge is 0.519 e. The molecule has 0 fully saturated rings. The Morgan fingerprint density at radius 3 is 2.27 bits per heavy atom. The summed E-state index contributed by atoms with van der Waals surface area (Å²) < 4.78 is 10.6. The fourth-order valence-corrected chi connectivity index (χ4v) is 1.43. The average molecular weight is 195 g/mol. The van der Waals surface area contributed by atoms with Gasteiger partial charge in [-0.15, -0.1) is 0 Å². The quantitative estimate of drug-likeness (QED) is 0.506. The highest BCUT2D eigenvalue weighted by molar-refractivity contribution is 6.70. The summed E-state index contributed by atoms with van der Waals surface area (Å²) >= 11 is 5.46. The first-order chi connectivity index (χ1) is 4.99. The second-order valence-electron chi connectivity index (χ2n) is 3.08. The van der Waals surface area contributed by atoms with E-state index in [0.717, 1.165) is 0 Å². The van der Waals surface area contributed by atoms with Gasteiger partial charge in [-0.1, -0.05) is 11.6 Å². The van der Waals surface area contributed by atoms with Gasteiger partial charge in [-0.05, 0) is 26.6 Å². The number of hydrogen-bond acceptors (Lipinski definition) is 2. The maximum absolute atomic E-state index is 5.47. The maximum atomic E-state index is 5.47. The van der Waals surface area contributed by atoms with E-state index in [-0.39, 0.29) is 0 Å². The van der Waals surface area contributed by atoms with Crippen LogP contribution in [0.15, 0.2) is 11.5 Å². The predicted octanol–water partition coefficient (Wildman–Crippen LogP) is 2.91. The van der Waals surface area contributed by atoms with Crippen LogP contribution in [0.1, 0.15) is 6.92 Å². The van der Waals surface area contributed by atoms with Crippen molar-refractivity contribution in [3.63, 3.8) is 0 Å². The Labute approximate surface area is 74.3 Å². The highest BCUT2D eigenvalue weighted by Gasteiger charge is 2.17. The van der Waals surface area contributed by atoms with Crippen molar-refractivity contribution >= 4 is 19.9 Å². The Morgan fingerprint density at radius 1 is 1.45 bits per heavy atom. The molecule has 0 aliphatic heterocycles. The third-order valence-electron chi connectivity index (χ3n) is 0.782. The van der Waals surface area contributed by atoms with Crippen molar-refractivity contribution in [2.75, 3.05) is 6.61 Å². The van der Waals surface area contributed by atoms with Crippen LogP contribution in [-0.4, -0.2) is 14.9 Å². The van der Waals surface area contributed by atoms with E-state index in [1.807, 2.05) is 6.92 Å². The smallest absolute Gasteiger partial charge is 0.277 e. The monoisotopic (exact) mass is 194 g/mol. The third kappa shape index (κ3) is 6.25. The molecule has 0 saturated carbocycles. The second kappa shape index (κ2) is 4.67. The first-order valence-corrected chi connectivity index (χ1v) is 7.46. The third-order valence-corrected chi connectivity index (χ3v) is 1.77. The summed E-state index contributed by atoms with van der Waals surface area (Å²) in [7, 11) is -1.56. The lowest BCUT2D eigenvalue weighted by Crippen LogP contribution is -2.25. The van der Waals surface area contributed by atoms with Crippen LogP contribution in [0.5, 0.6) is 0 Å². The zero-order chi connectivity index (χ0) is 8.91. The Hall–Kier alpha value is -0.153. The molecule has 0 heterocycles. The van der Waals surface area contributed by atoms with Gasteiger partial charge in [0.1, 0.15) is 0 Å². The van der Waals surface area contributed by atoms with E-state index < -0.39 is 8.32 Å². The first-order valence-electron chi connectivity index (χ1n) is 3.62. The summed E-state index contributed by atoms with van der Waals surface area (Å²) in [5.74, 6) is 0.438. The van der Waals surface area contributed by atoms with Crippen molar-refractivity contribution in [1.82, 2.24) is 0 Å². The van der Waals surface area contributed by atoms with Crippen LogP contribution in [0.25, 0.3) is 0 Å². The molecule has 0 bridgehead atoms. The van der Waals surface area contributed by atoms with Crippen molar-refractivity contribution in [2.24, 2.45) is 0 Å². The molecule has 0 amide bonds. The minimum atomic E-state index is -1.56. The van der Waals surface area contributed by atoms with Crippen molar-refractivity contribution < 1.29 is 9.16 Å². The van der Waals surface area contributed by atoms with Crippen molar-refractivity contribution in [2.45, 2.75) is 26.6 Å². The van der Waals surface area contributed by atoms with Crippen LogP contribution in [0.2, 0.25) is 19.6 Å². The Bertz CT molecular complexity index is 140. The zero-order valence-corrected chi connectivity index (χ0v) is 9.23. The van der Waals surface area contributed by atoms with Crippen molar-refractivity contribution in [3.05, 3.63) is 11.5 Å². The highest BCUT2D eigenvalue weighted by Crippen LogP contribution is 2.11. The van der Waals surface area contributed by atoms with Crippen LogP contribution in [0.3, 0.4) is 0 Å². The first kappa shape index (κ1) is 10.8. The predicted molar refractivity (Wildman–Crippen MR) is 50.0 cm³/mol. The minimum absolute atomic E-state index is 0.438. The summed E-state index contributed by atoms with van der Waals surface area (Å²) in [6, 6.07) is 0. The van der Waals surface area contributed by atoms with Gasteiger partial charge in [0.25, 0.3) is 5.95 Å². The molecule has 11 heavy (non-hydrogen) atoms. The summed E-state index contributed by atoms with van der Waals surface area (Å²) in [5.41, 5.74) is 1.34. The van der Waals surface area contributed by atoms with Gasteiger partial charge < -0.3 is 9.16 Å². The lowest BCUT2D eigenvalue weighted by Gasteiger charge is -2.20. The van der Waals surface area contributed by atoms with Crippen molar-refractivity contribution in [3.8, 4) is 0 Å². The normalized spacial score (nSPS) is 13.0. The molecule has 0 saturated heterocycles. The molecule has 0 aliphatic rings. The van der Waals surface area contributed by atoms with E-state index in [1.165, 1.54) is 5.54 Å². The molecule has 0 radical (unpaired) electrons. The molecule has 4 heteroatoms. The number of halogens is 1. The summed E-state index contributed by atoms with van der Waals surface area (Å²) in [6.07, 6.45) is 0.